The number of pyridine rings is 1. The predicted molar refractivity (Wildman–Crippen MR) is 71.5 cm³/mol. The largest absolute Gasteiger partial charge is 0.256 e. The molecular weight excluding hydrogens is 232 g/mol. The summed E-state index contributed by atoms with van der Waals surface area (Å²) < 4.78 is 26.0. The molecule has 1 aromatic rings. The molecule has 0 aromatic carbocycles. The Morgan fingerprint density at radius 1 is 1.28 bits per heavy atom. The Morgan fingerprint density at radius 3 is 2.50 bits per heavy atom. The molecule has 0 aliphatic carbocycles. The zero-order chi connectivity index (χ0) is 13.5. The van der Waals surface area contributed by atoms with E-state index >= 15 is 0 Å². The van der Waals surface area contributed by atoms with Crippen LogP contribution in [0.1, 0.15) is 25.1 Å². The topological polar surface area (TPSA) is 12.9 Å². The van der Waals surface area contributed by atoms with Crippen molar-refractivity contribution >= 4 is 5.57 Å². The van der Waals surface area contributed by atoms with Gasteiger partial charge in [-0.3, -0.25) is 4.98 Å². The average Bonchev–Trinajstić information content (AvgIpc) is 2.28. The highest BCUT2D eigenvalue weighted by Gasteiger charge is 2.04. The molecule has 0 fully saturated rings. The number of rotatable bonds is 4. The van der Waals surface area contributed by atoms with Crippen LogP contribution in [0, 0.1) is 6.92 Å². The number of alkyl halides is 1. The lowest BCUT2D eigenvalue weighted by Gasteiger charge is -2.04. The second-order valence-corrected chi connectivity index (χ2v) is 4.32. The minimum atomic E-state index is -1.25. The standard InChI is InChI=1S/C15H17F2N/c1-11(2)8-14(17)9-13(6-7-16)15-5-4-12(3)10-18-15/h4-10,14H,1-3H3/b7-6+,13-9?. The van der Waals surface area contributed by atoms with Crippen molar-refractivity contribution in [1.82, 2.24) is 4.98 Å². The molecule has 1 atom stereocenters. The first-order valence-corrected chi connectivity index (χ1v) is 5.73. The smallest absolute Gasteiger partial charge is 0.138 e. The van der Waals surface area contributed by atoms with Crippen LogP contribution < -0.4 is 0 Å². The Hall–Kier alpha value is -1.77. The summed E-state index contributed by atoms with van der Waals surface area (Å²) in [4.78, 5) is 4.16. The Bertz CT molecular complexity index is 466. The van der Waals surface area contributed by atoms with Crippen LogP contribution in [0.3, 0.4) is 0 Å². The fourth-order valence-electron chi connectivity index (χ4n) is 1.47. The van der Waals surface area contributed by atoms with E-state index in [-0.39, 0.29) is 0 Å². The number of nitrogens with zero attached hydrogens (tertiary/aromatic N) is 1. The van der Waals surface area contributed by atoms with E-state index in [1.54, 1.807) is 12.3 Å². The van der Waals surface area contributed by atoms with Crippen molar-refractivity contribution in [3.63, 3.8) is 0 Å². The fourth-order valence-corrected chi connectivity index (χ4v) is 1.47. The molecule has 1 unspecified atom stereocenters. The SMILES string of the molecule is CC(C)=CC(F)C=C(/C=C/F)c1ccc(C)cn1. The van der Waals surface area contributed by atoms with Crippen LogP contribution in [-0.2, 0) is 0 Å². The van der Waals surface area contributed by atoms with Crippen molar-refractivity contribution in [2.75, 3.05) is 0 Å². The van der Waals surface area contributed by atoms with E-state index in [1.807, 2.05) is 26.8 Å². The summed E-state index contributed by atoms with van der Waals surface area (Å²) in [5, 5.41) is 0. The van der Waals surface area contributed by atoms with Gasteiger partial charge in [0.25, 0.3) is 0 Å². The Labute approximate surface area is 107 Å². The van der Waals surface area contributed by atoms with Crippen LogP contribution >= 0.6 is 0 Å². The molecule has 0 spiro atoms. The van der Waals surface area contributed by atoms with E-state index in [9.17, 15) is 8.78 Å². The van der Waals surface area contributed by atoms with Crippen LogP contribution in [0.5, 0.6) is 0 Å². The number of aromatic nitrogens is 1. The maximum absolute atomic E-state index is 13.7. The van der Waals surface area contributed by atoms with Crippen LogP contribution in [0.25, 0.3) is 5.57 Å². The lowest BCUT2D eigenvalue weighted by molar-refractivity contribution is 0.468. The summed E-state index contributed by atoms with van der Waals surface area (Å²) in [5.74, 6) is 0. The molecule has 1 aromatic heterocycles. The van der Waals surface area contributed by atoms with Gasteiger partial charge in [0.2, 0.25) is 0 Å². The van der Waals surface area contributed by atoms with Gasteiger partial charge in [0.05, 0.1) is 12.0 Å². The summed E-state index contributed by atoms with van der Waals surface area (Å²) in [7, 11) is 0. The normalized spacial score (nSPS) is 13.7. The molecule has 1 nitrogen and oxygen atoms in total. The zero-order valence-corrected chi connectivity index (χ0v) is 10.8. The third kappa shape index (κ3) is 4.62. The molecule has 0 aliphatic heterocycles. The molecule has 1 heterocycles. The molecule has 0 radical (unpaired) electrons. The molecule has 18 heavy (non-hydrogen) atoms. The van der Waals surface area contributed by atoms with Gasteiger partial charge in [0, 0.05) is 11.8 Å². The lowest BCUT2D eigenvalue weighted by Crippen LogP contribution is -1.94. The quantitative estimate of drug-likeness (QED) is 0.563. The van der Waals surface area contributed by atoms with Gasteiger partial charge in [-0.1, -0.05) is 11.6 Å². The summed E-state index contributed by atoms with van der Waals surface area (Å²) in [6.45, 7) is 5.54. The van der Waals surface area contributed by atoms with Gasteiger partial charge >= 0.3 is 0 Å². The van der Waals surface area contributed by atoms with Crippen molar-refractivity contribution in [2.45, 2.75) is 26.9 Å². The molecule has 96 valence electrons. The molecule has 0 saturated heterocycles. The molecule has 0 aliphatic rings. The minimum Gasteiger partial charge on any atom is -0.256 e. The molecular formula is C15H17F2N. The second kappa shape index (κ2) is 6.84. The monoisotopic (exact) mass is 249 g/mol. The highest BCUT2D eigenvalue weighted by Crippen LogP contribution is 2.17. The van der Waals surface area contributed by atoms with E-state index in [0.29, 0.717) is 17.6 Å². The Balaban J connectivity index is 3.06. The van der Waals surface area contributed by atoms with E-state index < -0.39 is 6.17 Å². The predicted octanol–water partition coefficient (Wildman–Crippen LogP) is 4.56. The van der Waals surface area contributed by atoms with Gasteiger partial charge in [-0.2, -0.15) is 0 Å². The number of allylic oxidation sites excluding steroid dienone is 5. The third-order valence-corrected chi connectivity index (χ3v) is 2.28. The first kappa shape index (κ1) is 14.3. The van der Waals surface area contributed by atoms with Crippen LogP contribution in [0.4, 0.5) is 8.78 Å². The van der Waals surface area contributed by atoms with Crippen LogP contribution in [0.2, 0.25) is 0 Å². The fraction of sp³-hybridized carbons (Fsp3) is 0.267. The Morgan fingerprint density at radius 2 is 2.00 bits per heavy atom. The maximum atomic E-state index is 13.7. The van der Waals surface area contributed by atoms with E-state index in [1.165, 1.54) is 18.2 Å². The van der Waals surface area contributed by atoms with Crippen molar-refractivity contribution in [3.05, 3.63) is 59.7 Å². The van der Waals surface area contributed by atoms with Gasteiger partial charge in [-0.05, 0) is 50.6 Å². The van der Waals surface area contributed by atoms with E-state index in [4.69, 9.17) is 0 Å². The number of aryl methyl sites for hydroxylation is 1. The van der Waals surface area contributed by atoms with Gasteiger partial charge in [0.15, 0.2) is 0 Å². The first-order chi connectivity index (χ1) is 8.52. The summed E-state index contributed by atoms with van der Waals surface area (Å²) in [6.07, 6.45) is 4.85. The number of hydrogen-bond acceptors (Lipinski definition) is 1. The van der Waals surface area contributed by atoms with Crippen molar-refractivity contribution in [3.8, 4) is 0 Å². The van der Waals surface area contributed by atoms with E-state index in [2.05, 4.69) is 4.98 Å². The Kier molecular flexibility index (Phi) is 5.43. The van der Waals surface area contributed by atoms with Gasteiger partial charge in [-0.15, -0.1) is 0 Å². The highest BCUT2D eigenvalue weighted by atomic mass is 19.1. The molecule has 1 rings (SSSR count). The summed E-state index contributed by atoms with van der Waals surface area (Å²) in [5.41, 5.74) is 2.87. The number of hydrogen-bond donors (Lipinski definition) is 0. The van der Waals surface area contributed by atoms with Gasteiger partial charge in [-0.25, -0.2) is 8.78 Å². The van der Waals surface area contributed by atoms with Gasteiger partial charge < -0.3 is 0 Å². The minimum absolute atomic E-state index is 0.391. The molecule has 0 amide bonds. The molecule has 0 bridgehead atoms. The van der Waals surface area contributed by atoms with Crippen molar-refractivity contribution in [2.24, 2.45) is 0 Å². The summed E-state index contributed by atoms with van der Waals surface area (Å²) in [6, 6.07) is 3.60. The van der Waals surface area contributed by atoms with Gasteiger partial charge in [0.1, 0.15) is 6.17 Å². The van der Waals surface area contributed by atoms with Crippen molar-refractivity contribution < 1.29 is 8.78 Å². The zero-order valence-electron chi connectivity index (χ0n) is 10.8. The molecule has 0 N–H and O–H groups in total. The van der Waals surface area contributed by atoms with Crippen LogP contribution in [-0.4, -0.2) is 11.2 Å². The van der Waals surface area contributed by atoms with Crippen molar-refractivity contribution in [1.29, 1.82) is 0 Å². The first-order valence-electron chi connectivity index (χ1n) is 5.73. The average molecular weight is 249 g/mol. The highest BCUT2D eigenvalue weighted by molar-refractivity contribution is 5.72. The second-order valence-electron chi connectivity index (χ2n) is 4.32. The van der Waals surface area contributed by atoms with Crippen LogP contribution in [0.15, 0.2) is 48.5 Å². The molecule has 3 heteroatoms. The third-order valence-electron chi connectivity index (χ3n) is 2.28. The van der Waals surface area contributed by atoms with E-state index in [0.717, 1.165) is 11.1 Å². The number of halogens is 2. The molecule has 0 saturated carbocycles. The summed E-state index contributed by atoms with van der Waals surface area (Å²) >= 11 is 0. The maximum Gasteiger partial charge on any atom is 0.138 e. The lowest BCUT2D eigenvalue weighted by atomic mass is 10.1.